The number of carbonyl (C=O) groups excluding carboxylic acids is 1. The highest BCUT2D eigenvalue weighted by Gasteiger charge is 2.72. The van der Waals surface area contributed by atoms with E-state index in [0.29, 0.717) is 12.8 Å². The molecule has 4 aliphatic rings. The molecule has 0 aromatic carbocycles. The lowest BCUT2D eigenvalue weighted by molar-refractivity contribution is -0.203. The van der Waals surface area contributed by atoms with Gasteiger partial charge in [0.2, 0.25) is 0 Å². The van der Waals surface area contributed by atoms with Crippen molar-refractivity contribution in [2.45, 2.75) is 58.7 Å². The summed E-state index contributed by atoms with van der Waals surface area (Å²) in [7, 11) is 0. The highest BCUT2D eigenvalue weighted by Crippen LogP contribution is 2.70. The Morgan fingerprint density at radius 1 is 1.22 bits per heavy atom. The highest BCUT2D eigenvalue weighted by molar-refractivity contribution is 6.01. The number of alkyl halides is 1. The van der Waals surface area contributed by atoms with E-state index in [1.165, 1.54) is 6.08 Å². The molecule has 9 atom stereocenters. The Morgan fingerprint density at radius 3 is 2.52 bits per heavy atom. The van der Waals surface area contributed by atoms with Gasteiger partial charge in [0.15, 0.2) is 11.5 Å². The second kappa shape index (κ2) is 5.53. The van der Waals surface area contributed by atoms with Crippen LogP contribution in [0.25, 0.3) is 0 Å². The zero-order valence-corrected chi connectivity index (χ0v) is 16.4. The van der Waals surface area contributed by atoms with E-state index in [0.717, 1.165) is 5.57 Å². The van der Waals surface area contributed by atoms with Gasteiger partial charge in [-0.1, -0.05) is 32.4 Å². The van der Waals surface area contributed by atoms with Gasteiger partial charge in [0.1, 0.15) is 0 Å². The lowest BCUT2D eigenvalue weighted by Crippen LogP contribution is -2.67. The summed E-state index contributed by atoms with van der Waals surface area (Å²) in [4.78, 5) is 23.9. The number of halogens is 1. The fourth-order valence-corrected chi connectivity index (χ4v) is 7.49. The van der Waals surface area contributed by atoms with Crippen molar-refractivity contribution in [2.75, 3.05) is 0 Å². The van der Waals surface area contributed by atoms with Crippen molar-refractivity contribution in [1.29, 1.82) is 0 Å². The zero-order chi connectivity index (χ0) is 19.9. The minimum Gasteiger partial charge on any atom is -0.481 e. The Bertz CT molecular complexity index is 772. The second-order valence-electron chi connectivity index (χ2n) is 9.91. The van der Waals surface area contributed by atoms with Gasteiger partial charge in [-0.05, 0) is 61.5 Å². The fraction of sp³-hybridized carbons (Fsp3) is 0.727. The van der Waals surface area contributed by atoms with Crippen molar-refractivity contribution >= 4 is 11.8 Å². The van der Waals surface area contributed by atoms with Gasteiger partial charge >= 0.3 is 5.97 Å². The van der Waals surface area contributed by atoms with E-state index in [4.69, 9.17) is 0 Å². The van der Waals surface area contributed by atoms with Gasteiger partial charge < -0.3 is 10.2 Å². The van der Waals surface area contributed by atoms with Gasteiger partial charge in [0, 0.05) is 11.3 Å². The average Bonchev–Trinajstić information content (AvgIpc) is 2.82. The number of aliphatic hydroxyl groups is 1. The van der Waals surface area contributed by atoms with E-state index in [1.54, 1.807) is 19.1 Å². The van der Waals surface area contributed by atoms with Crippen LogP contribution in [0.1, 0.15) is 47.0 Å². The van der Waals surface area contributed by atoms with Crippen LogP contribution in [-0.2, 0) is 9.59 Å². The van der Waals surface area contributed by atoms with Gasteiger partial charge in [-0.2, -0.15) is 0 Å². The summed E-state index contributed by atoms with van der Waals surface area (Å²) in [6, 6.07) is 0. The van der Waals surface area contributed by atoms with Crippen LogP contribution in [0.15, 0.2) is 23.8 Å². The van der Waals surface area contributed by atoms with Crippen LogP contribution in [0, 0.1) is 40.4 Å². The average molecular weight is 376 g/mol. The topological polar surface area (TPSA) is 74.6 Å². The molecule has 0 saturated heterocycles. The first-order valence-electron chi connectivity index (χ1n) is 10.0. The molecule has 0 radical (unpaired) electrons. The molecule has 0 amide bonds. The molecule has 27 heavy (non-hydrogen) atoms. The minimum absolute atomic E-state index is 0.0199. The molecule has 0 aromatic heterocycles. The third kappa shape index (κ3) is 2.12. The maximum Gasteiger partial charge on any atom is 0.307 e. The van der Waals surface area contributed by atoms with E-state index in [1.807, 2.05) is 20.8 Å². The van der Waals surface area contributed by atoms with Crippen molar-refractivity contribution in [3.63, 3.8) is 0 Å². The van der Waals surface area contributed by atoms with Crippen LogP contribution in [0.4, 0.5) is 4.39 Å². The van der Waals surface area contributed by atoms with Gasteiger partial charge in [0.25, 0.3) is 0 Å². The molecule has 5 heteroatoms. The largest absolute Gasteiger partial charge is 0.481 e. The molecule has 3 saturated carbocycles. The van der Waals surface area contributed by atoms with E-state index in [2.05, 4.69) is 0 Å². The fourth-order valence-electron chi connectivity index (χ4n) is 7.49. The van der Waals surface area contributed by atoms with Crippen LogP contribution < -0.4 is 0 Å². The van der Waals surface area contributed by atoms with Gasteiger partial charge in [0.05, 0.1) is 12.0 Å². The summed E-state index contributed by atoms with van der Waals surface area (Å²) >= 11 is 0. The molecular weight excluding hydrogens is 347 g/mol. The molecular formula is C22H29FO4. The Hall–Kier alpha value is -1.49. The third-order valence-corrected chi connectivity index (χ3v) is 8.57. The first-order chi connectivity index (χ1) is 12.5. The van der Waals surface area contributed by atoms with Gasteiger partial charge in [-0.15, -0.1) is 0 Å². The summed E-state index contributed by atoms with van der Waals surface area (Å²) in [6.07, 6.45) is 4.70. The summed E-state index contributed by atoms with van der Waals surface area (Å²) < 4.78 is 16.9. The van der Waals surface area contributed by atoms with E-state index >= 15 is 4.39 Å². The number of allylic oxidation sites excluding steroid dienone is 4. The minimum atomic E-state index is -1.89. The normalized spacial score (nSPS) is 54.0. The van der Waals surface area contributed by atoms with Crippen molar-refractivity contribution < 1.29 is 24.2 Å². The van der Waals surface area contributed by atoms with Crippen molar-refractivity contribution in [2.24, 2.45) is 40.4 Å². The third-order valence-electron chi connectivity index (χ3n) is 8.57. The number of rotatable bonds is 1. The Balaban J connectivity index is 1.86. The number of aliphatic carboxylic acids is 1. The number of carboxylic acid groups (broad SMARTS) is 1. The van der Waals surface area contributed by atoms with Gasteiger partial charge in [-0.25, -0.2) is 4.39 Å². The predicted molar refractivity (Wildman–Crippen MR) is 98.6 cm³/mol. The molecule has 3 fully saturated rings. The molecule has 2 unspecified atom stereocenters. The second-order valence-corrected chi connectivity index (χ2v) is 9.91. The number of ketones is 1. The van der Waals surface area contributed by atoms with Crippen molar-refractivity contribution in [1.82, 2.24) is 0 Å². The SMILES string of the molecule is C[C@@H]1CC2C3C[C@H](C)C4=CC(=O)C=C[C@]4(C)[C@@]3(F)[C@@H](O)C[C@]2(C)[C@H]1C(=O)O. The maximum atomic E-state index is 16.9. The molecule has 2 N–H and O–H groups in total. The van der Waals surface area contributed by atoms with E-state index in [-0.39, 0.29) is 30.0 Å². The van der Waals surface area contributed by atoms with Crippen LogP contribution in [0.5, 0.6) is 0 Å². The number of hydrogen-bond donors (Lipinski definition) is 2. The van der Waals surface area contributed by atoms with Crippen LogP contribution >= 0.6 is 0 Å². The van der Waals surface area contributed by atoms with Crippen LogP contribution in [0.3, 0.4) is 0 Å². The first-order valence-corrected chi connectivity index (χ1v) is 10.0. The Kier molecular flexibility index (Phi) is 3.86. The summed E-state index contributed by atoms with van der Waals surface area (Å²) in [5.74, 6) is -2.08. The maximum absolute atomic E-state index is 16.9. The lowest BCUT2D eigenvalue weighted by Gasteiger charge is -2.63. The van der Waals surface area contributed by atoms with Crippen molar-refractivity contribution in [3.05, 3.63) is 23.8 Å². The molecule has 0 bridgehead atoms. The number of carbonyl (C=O) groups is 2. The molecule has 0 aliphatic heterocycles. The standard InChI is InChI=1S/C22H29FO4/c1-11-7-16-15-8-12(2)18(19(26)27)20(15,3)10-17(25)22(16,23)21(4)6-5-13(24)9-14(11)21/h5-6,9,11-12,15-18,25H,7-8,10H2,1-4H3,(H,26,27)/t11-,12+,15?,16?,17-,18+,20-,21-,22-/m0/s1. The Morgan fingerprint density at radius 2 is 1.89 bits per heavy atom. The predicted octanol–water partition coefficient (Wildman–Crippen LogP) is 3.55. The molecule has 148 valence electrons. The zero-order valence-electron chi connectivity index (χ0n) is 16.4. The van der Waals surface area contributed by atoms with Crippen molar-refractivity contribution in [3.8, 4) is 0 Å². The van der Waals surface area contributed by atoms with Gasteiger partial charge in [-0.3, -0.25) is 9.59 Å². The smallest absolute Gasteiger partial charge is 0.307 e. The lowest BCUT2D eigenvalue weighted by atomic mass is 9.44. The number of hydrogen-bond acceptors (Lipinski definition) is 3. The molecule has 4 nitrogen and oxygen atoms in total. The Labute approximate surface area is 159 Å². The first kappa shape index (κ1) is 18.9. The van der Waals surface area contributed by atoms with Crippen LogP contribution in [0.2, 0.25) is 0 Å². The monoisotopic (exact) mass is 376 g/mol. The summed E-state index contributed by atoms with van der Waals surface area (Å²) in [5.41, 5.74) is -2.78. The van der Waals surface area contributed by atoms with Crippen LogP contribution in [-0.4, -0.2) is 33.7 Å². The number of aliphatic hydroxyl groups excluding tert-OH is 1. The number of fused-ring (bicyclic) bond motifs is 5. The molecule has 4 rings (SSSR count). The molecule has 0 heterocycles. The van der Waals surface area contributed by atoms with E-state index < -0.39 is 40.4 Å². The summed E-state index contributed by atoms with van der Waals surface area (Å²) in [6.45, 7) is 7.68. The summed E-state index contributed by atoms with van der Waals surface area (Å²) in [5, 5.41) is 20.9. The molecule has 0 aromatic rings. The number of carboxylic acids is 1. The highest BCUT2D eigenvalue weighted by atomic mass is 19.1. The van der Waals surface area contributed by atoms with E-state index in [9.17, 15) is 19.8 Å². The quantitative estimate of drug-likeness (QED) is 0.734. The molecule has 0 spiro atoms. The molecule has 4 aliphatic carbocycles.